The van der Waals surface area contributed by atoms with Crippen LogP contribution in [0.1, 0.15) is 30.9 Å². The van der Waals surface area contributed by atoms with Crippen molar-refractivity contribution in [2.24, 2.45) is 5.92 Å². The minimum atomic E-state index is -0.244. The first-order valence-electron chi connectivity index (χ1n) is 8.88. The molecule has 1 aromatic rings. The van der Waals surface area contributed by atoms with E-state index >= 15 is 0 Å². The van der Waals surface area contributed by atoms with Crippen LogP contribution < -0.4 is 9.47 Å². The molecule has 3 aliphatic heterocycles. The molecule has 0 saturated carbocycles. The molecule has 6 heteroatoms. The summed E-state index contributed by atoms with van der Waals surface area (Å²) in [6, 6.07) is 4.22. The van der Waals surface area contributed by atoms with Crippen molar-refractivity contribution in [1.82, 2.24) is 4.90 Å². The fourth-order valence-electron chi connectivity index (χ4n) is 4.59. The highest BCUT2D eigenvalue weighted by Crippen LogP contribution is 2.55. The predicted octanol–water partition coefficient (Wildman–Crippen LogP) is 3.52. The zero-order chi connectivity index (χ0) is 17.6. The van der Waals surface area contributed by atoms with E-state index < -0.39 is 0 Å². The molecular formula is C19H25NO3S2. The molecule has 0 aliphatic carbocycles. The number of hydrogen-bond donors (Lipinski definition) is 0. The van der Waals surface area contributed by atoms with E-state index in [0.29, 0.717) is 22.8 Å². The van der Waals surface area contributed by atoms with Gasteiger partial charge in [0.05, 0.1) is 24.3 Å². The molecule has 2 saturated heterocycles. The summed E-state index contributed by atoms with van der Waals surface area (Å²) >= 11 is 4.07. The predicted molar refractivity (Wildman–Crippen MR) is 104 cm³/mol. The topological polar surface area (TPSA) is 38.8 Å². The zero-order valence-electron chi connectivity index (χ0n) is 15.0. The molecule has 4 rings (SSSR count). The van der Waals surface area contributed by atoms with E-state index in [0.717, 1.165) is 24.5 Å². The van der Waals surface area contributed by atoms with Crippen LogP contribution in [0, 0.1) is 5.92 Å². The van der Waals surface area contributed by atoms with Crippen molar-refractivity contribution in [2.75, 3.05) is 32.3 Å². The average Bonchev–Trinajstić information content (AvgIpc) is 2.92. The van der Waals surface area contributed by atoms with Gasteiger partial charge < -0.3 is 14.4 Å². The van der Waals surface area contributed by atoms with Crippen molar-refractivity contribution in [2.45, 2.75) is 36.3 Å². The lowest BCUT2D eigenvalue weighted by Crippen LogP contribution is -2.50. The zero-order valence-corrected chi connectivity index (χ0v) is 16.7. The summed E-state index contributed by atoms with van der Waals surface area (Å²) < 4.78 is 11.6. The molecule has 1 amide bonds. The summed E-state index contributed by atoms with van der Waals surface area (Å²) in [6.45, 7) is 3.07. The van der Waals surface area contributed by atoms with Gasteiger partial charge in [0.2, 0.25) is 5.91 Å². The summed E-state index contributed by atoms with van der Waals surface area (Å²) in [5.41, 5.74) is 2.30. The summed E-state index contributed by atoms with van der Waals surface area (Å²) in [4.78, 5) is 14.9. The number of ether oxygens (including phenoxy) is 2. The third-order valence-electron chi connectivity index (χ3n) is 5.92. The lowest BCUT2D eigenvalue weighted by molar-refractivity contribution is -0.131. The lowest BCUT2D eigenvalue weighted by atomic mass is 9.76. The highest BCUT2D eigenvalue weighted by atomic mass is 32.2. The Kier molecular flexibility index (Phi) is 4.61. The Bertz CT molecular complexity index is 689. The van der Waals surface area contributed by atoms with E-state index in [2.05, 4.69) is 24.0 Å². The Morgan fingerprint density at radius 1 is 1.16 bits per heavy atom. The van der Waals surface area contributed by atoms with Crippen LogP contribution >= 0.6 is 23.5 Å². The second kappa shape index (κ2) is 6.62. The number of methoxy groups -OCH3 is 2. The molecule has 2 fully saturated rings. The molecule has 0 bridgehead atoms. The Morgan fingerprint density at radius 2 is 1.84 bits per heavy atom. The quantitative estimate of drug-likeness (QED) is 0.803. The number of amides is 1. The smallest absolute Gasteiger partial charge is 0.223 e. The fourth-order valence-corrected chi connectivity index (χ4v) is 8.01. The van der Waals surface area contributed by atoms with Gasteiger partial charge >= 0.3 is 0 Å². The van der Waals surface area contributed by atoms with Crippen LogP contribution in [0.15, 0.2) is 12.1 Å². The van der Waals surface area contributed by atoms with Crippen LogP contribution in [0.4, 0.5) is 0 Å². The molecule has 0 spiro atoms. The molecule has 0 unspecified atom stereocenters. The van der Waals surface area contributed by atoms with Crippen molar-refractivity contribution >= 4 is 29.4 Å². The van der Waals surface area contributed by atoms with Gasteiger partial charge in [-0.05, 0) is 54.5 Å². The van der Waals surface area contributed by atoms with Crippen LogP contribution in [0.25, 0.3) is 0 Å². The van der Waals surface area contributed by atoms with E-state index in [9.17, 15) is 4.79 Å². The van der Waals surface area contributed by atoms with Crippen LogP contribution in [0.5, 0.6) is 11.5 Å². The van der Waals surface area contributed by atoms with Crippen molar-refractivity contribution < 1.29 is 14.3 Å². The van der Waals surface area contributed by atoms with Crippen LogP contribution in [0.3, 0.4) is 0 Å². The van der Waals surface area contributed by atoms with Crippen molar-refractivity contribution in [1.29, 1.82) is 0 Å². The van der Waals surface area contributed by atoms with E-state index in [1.807, 2.05) is 23.5 Å². The molecule has 0 aromatic heterocycles. The number of hydrogen-bond acceptors (Lipinski definition) is 5. The maximum Gasteiger partial charge on any atom is 0.223 e. The second-order valence-electron chi connectivity index (χ2n) is 7.08. The van der Waals surface area contributed by atoms with Gasteiger partial charge in [-0.15, -0.1) is 23.5 Å². The normalized spacial score (nSPS) is 29.3. The molecule has 0 N–H and O–H groups in total. The Balaban J connectivity index is 1.81. The molecule has 2 atom stereocenters. The number of carbonyl (C=O) groups is 1. The molecule has 3 aliphatic rings. The SMILES string of the molecule is COc1cc2c(cc1OC)[C@@]1(C)[C@H](C3SCCCS3)CC(=O)N1CC2. The largest absolute Gasteiger partial charge is 0.493 e. The Hall–Kier alpha value is -1.01. The van der Waals surface area contributed by atoms with Gasteiger partial charge in [-0.1, -0.05) is 0 Å². The molecule has 136 valence electrons. The first kappa shape index (κ1) is 17.4. The lowest BCUT2D eigenvalue weighted by Gasteiger charge is -2.46. The molecule has 25 heavy (non-hydrogen) atoms. The second-order valence-corrected chi connectivity index (χ2v) is 9.88. The number of fused-ring (bicyclic) bond motifs is 3. The highest BCUT2D eigenvalue weighted by Gasteiger charge is 2.55. The van der Waals surface area contributed by atoms with E-state index in [-0.39, 0.29) is 5.54 Å². The van der Waals surface area contributed by atoms with Crippen LogP contribution in [-0.4, -0.2) is 47.7 Å². The third kappa shape index (κ3) is 2.64. The minimum absolute atomic E-state index is 0.244. The number of carbonyl (C=O) groups excluding carboxylic acids is 1. The van der Waals surface area contributed by atoms with Crippen molar-refractivity contribution in [3.05, 3.63) is 23.3 Å². The number of rotatable bonds is 3. The van der Waals surface area contributed by atoms with Gasteiger partial charge in [0.1, 0.15) is 0 Å². The monoisotopic (exact) mass is 379 g/mol. The van der Waals surface area contributed by atoms with Gasteiger partial charge in [0, 0.05) is 18.9 Å². The Labute approximate surface area is 158 Å². The van der Waals surface area contributed by atoms with Crippen LogP contribution in [-0.2, 0) is 16.8 Å². The van der Waals surface area contributed by atoms with E-state index in [1.54, 1.807) is 14.2 Å². The van der Waals surface area contributed by atoms with Crippen molar-refractivity contribution in [3.63, 3.8) is 0 Å². The fraction of sp³-hybridized carbons (Fsp3) is 0.632. The van der Waals surface area contributed by atoms with E-state index in [4.69, 9.17) is 9.47 Å². The average molecular weight is 380 g/mol. The van der Waals surface area contributed by atoms with Gasteiger partial charge in [0.25, 0.3) is 0 Å². The highest BCUT2D eigenvalue weighted by molar-refractivity contribution is 8.17. The third-order valence-corrected chi connectivity index (χ3v) is 9.10. The molecular weight excluding hydrogens is 354 g/mol. The molecule has 1 aromatic carbocycles. The first-order valence-corrected chi connectivity index (χ1v) is 11.0. The van der Waals surface area contributed by atoms with Gasteiger partial charge in [-0.3, -0.25) is 4.79 Å². The number of nitrogens with zero attached hydrogens (tertiary/aromatic N) is 1. The number of thioether (sulfide) groups is 2. The molecule has 0 radical (unpaired) electrons. The Morgan fingerprint density at radius 3 is 2.52 bits per heavy atom. The van der Waals surface area contributed by atoms with Gasteiger partial charge in [0.15, 0.2) is 11.5 Å². The van der Waals surface area contributed by atoms with Crippen molar-refractivity contribution in [3.8, 4) is 11.5 Å². The summed E-state index contributed by atoms with van der Waals surface area (Å²) in [5.74, 6) is 4.59. The van der Waals surface area contributed by atoms with E-state index in [1.165, 1.54) is 29.1 Å². The summed E-state index contributed by atoms with van der Waals surface area (Å²) in [7, 11) is 3.36. The summed E-state index contributed by atoms with van der Waals surface area (Å²) in [6.07, 6.45) is 2.82. The number of benzene rings is 1. The standard InChI is InChI=1S/C19H25NO3S2/c1-19-13-10-16(23-3)15(22-2)9-12(13)5-6-20(19)17(21)11-14(19)18-24-7-4-8-25-18/h9-10,14,18H,4-8,11H2,1-3H3/t14-,19-/m0/s1. The van der Waals surface area contributed by atoms with Crippen LogP contribution in [0.2, 0.25) is 0 Å². The minimum Gasteiger partial charge on any atom is -0.493 e. The van der Waals surface area contributed by atoms with Gasteiger partial charge in [-0.2, -0.15) is 0 Å². The first-order chi connectivity index (χ1) is 12.1. The molecule has 4 nitrogen and oxygen atoms in total. The van der Waals surface area contributed by atoms with Gasteiger partial charge in [-0.25, -0.2) is 0 Å². The maximum absolute atomic E-state index is 12.8. The maximum atomic E-state index is 12.8. The summed E-state index contributed by atoms with van der Waals surface area (Å²) in [5, 5.41) is 0. The molecule has 3 heterocycles.